The predicted molar refractivity (Wildman–Crippen MR) is 122 cm³/mol. The van der Waals surface area contributed by atoms with Gasteiger partial charge >= 0.3 is 0 Å². The lowest BCUT2D eigenvalue weighted by molar-refractivity contribution is -0.117. The predicted octanol–water partition coefficient (Wildman–Crippen LogP) is 4.50. The number of benzene rings is 3. The fourth-order valence-corrected chi connectivity index (χ4v) is 3.58. The summed E-state index contributed by atoms with van der Waals surface area (Å²) in [5.41, 5.74) is 4.87. The third-order valence-corrected chi connectivity index (χ3v) is 5.41. The van der Waals surface area contributed by atoms with Gasteiger partial charge in [0.05, 0.1) is 12.8 Å². The molecular weight excluding hydrogens is 460 g/mol. The lowest BCUT2D eigenvalue weighted by Gasteiger charge is -2.14. The van der Waals surface area contributed by atoms with Crippen LogP contribution >= 0.6 is 15.9 Å². The topological polar surface area (TPSA) is 67.9 Å². The zero-order valence-corrected chi connectivity index (χ0v) is 18.3. The number of nitrogens with one attached hydrogen (secondary N) is 1. The maximum absolute atomic E-state index is 12.8. The van der Waals surface area contributed by atoms with E-state index in [9.17, 15) is 9.59 Å². The molecule has 6 nitrogen and oxygen atoms in total. The minimum absolute atomic E-state index is 0.0320. The molecule has 1 aliphatic rings. The summed E-state index contributed by atoms with van der Waals surface area (Å²) in [5, 5.41) is 1.23. The molecule has 0 saturated carbocycles. The highest BCUT2D eigenvalue weighted by molar-refractivity contribution is 9.10. The highest BCUT2D eigenvalue weighted by Gasteiger charge is 2.34. The number of methoxy groups -OCH3 is 1. The van der Waals surface area contributed by atoms with Gasteiger partial charge in [-0.25, -0.2) is 5.01 Å². The second-order valence-electron chi connectivity index (χ2n) is 6.77. The number of nitrogens with zero attached hydrogens (tertiary/aromatic N) is 1. The minimum atomic E-state index is -0.468. The molecule has 0 spiro atoms. The highest BCUT2D eigenvalue weighted by atomic mass is 79.9. The largest absolute Gasteiger partial charge is 0.493 e. The molecular formula is C24H19BrN2O4. The summed E-state index contributed by atoms with van der Waals surface area (Å²) < 4.78 is 12.0. The molecule has 7 heteroatoms. The van der Waals surface area contributed by atoms with E-state index in [0.29, 0.717) is 33.8 Å². The Morgan fingerprint density at radius 2 is 1.65 bits per heavy atom. The molecule has 0 atom stereocenters. The Balaban J connectivity index is 1.60. The van der Waals surface area contributed by atoms with Crippen molar-refractivity contribution in [2.24, 2.45) is 0 Å². The van der Waals surface area contributed by atoms with Crippen LogP contribution in [0.5, 0.6) is 11.5 Å². The minimum Gasteiger partial charge on any atom is -0.493 e. The van der Waals surface area contributed by atoms with Gasteiger partial charge in [0, 0.05) is 4.47 Å². The second-order valence-corrected chi connectivity index (χ2v) is 7.63. The molecule has 4 rings (SSSR count). The van der Waals surface area contributed by atoms with Crippen LogP contribution < -0.4 is 19.9 Å². The van der Waals surface area contributed by atoms with Crippen LogP contribution in [0.25, 0.3) is 6.08 Å². The van der Waals surface area contributed by atoms with Crippen LogP contribution in [0.3, 0.4) is 0 Å². The Morgan fingerprint density at radius 1 is 0.968 bits per heavy atom. The van der Waals surface area contributed by atoms with Crippen LogP contribution in [0.4, 0.5) is 5.69 Å². The zero-order valence-electron chi connectivity index (χ0n) is 16.7. The molecule has 0 aromatic heterocycles. The number of para-hydroxylation sites is 1. The lowest BCUT2D eigenvalue weighted by Crippen LogP contribution is -2.35. The van der Waals surface area contributed by atoms with Gasteiger partial charge in [-0.05, 0) is 41.5 Å². The van der Waals surface area contributed by atoms with E-state index in [1.165, 1.54) is 11.1 Å². The molecule has 31 heavy (non-hydrogen) atoms. The molecule has 0 radical (unpaired) electrons. The third kappa shape index (κ3) is 4.46. The summed E-state index contributed by atoms with van der Waals surface area (Å²) in [5.74, 6) is 0.154. The van der Waals surface area contributed by atoms with Gasteiger partial charge in [0.1, 0.15) is 12.2 Å². The molecule has 1 saturated heterocycles. The smallest absolute Gasteiger partial charge is 0.282 e. The van der Waals surface area contributed by atoms with Gasteiger partial charge in [-0.2, -0.15) is 0 Å². The summed E-state index contributed by atoms with van der Waals surface area (Å²) in [6, 6.07) is 22.2. The van der Waals surface area contributed by atoms with Crippen LogP contribution in [-0.4, -0.2) is 18.9 Å². The van der Waals surface area contributed by atoms with Crippen molar-refractivity contribution >= 4 is 39.5 Å². The number of amides is 2. The number of hydrogen-bond acceptors (Lipinski definition) is 4. The molecule has 3 aromatic rings. The van der Waals surface area contributed by atoms with E-state index in [1.54, 1.807) is 43.5 Å². The monoisotopic (exact) mass is 478 g/mol. The molecule has 1 heterocycles. The fourth-order valence-electron chi connectivity index (χ4n) is 3.14. The van der Waals surface area contributed by atoms with Gasteiger partial charge < -0.3 is 9.47 Å². The van der Waals surface area contributed by atoms with Crippen LogP contribution in [0.2, 0.25) is 0 Å². The first-order valence-corrected chi connectivity index (χ1v) is 10.3. The SMILES string of the molecule is COc1cc(C=C2C(=O)NN(c3ccccc3)C2=O)c(Br)cc1OCc1ccccc1. The molecule has 0 bridgehead atoms. The summed E-state index contributed by atoms with van der Waals surface area (Å²) in [6.45, 7) is 0.386. The third-order valence-electron chi connectivity index (χ3n) is 4.73. The standard InChI is InChI=1S/C24H19BrN2O4/c1-30-21-13-17(20(25)14-22(21)31-15-16-8-4-2-5-9-16)12-19-23(28)26-27(24(19)29)18-10-6-3-7-11-18/h2-14H,15H2,1H3,(H,26,28). The van der Waals surface area contributed by atoms with Crippen molar-refractivity contribution in [2.45, 2.75) is 6.61 Å². The van der Waals surface area contributed by atoms with E-state index in [0.717, 1.165) is 5.56 Å². The van der Waals surface area contributed by atoms with Gasteiger partial charge in [0.15, 0.2) is 11.5 Å². The maximum Gasteiger partial charge on any atom is 0.282 e. The highest BCUT2D eigenvalue weighted by Crippen LogP contribution is 2.35. The number of anilines is 1. The lowest BCUT2D eigenvalue weighted by atomic mass is 10.1. The Labute approximate surface area is 188 Å². The maximum atomic E-state index is 12.8. The van der Waals surface area contributed by atoms with E-state index < -0.39 is 11.8 Å². The molecule has 1 aliphatic heterocycles. The zero-order chi connectivity index (χ0) is 21.8. The molecule has 2 amide bonds. The van der Waals surface area contributed by atoms with Crippen molar-refractivity contribution < 1.29 is 19.1 Å². The second kappa shape index (κ2) is 9.06. The molecule has 0 aliphatic carbocycles. The average molecular weight is 479 g/mol. The number of carbonyl (C=O) groups is 2. The van der Waals surface area contributed by atoms with Crippen molar-refractivity contribution in [3.8, 4) is 11.5 Å². The van der Waals surface area contributed by atoms with Crippen LogP contribution in [0, 0.1) is 0 Å². The fraction of sp³-hybridized carbons (Fsp3) is 0.0833. The molecule has 1 fully saturated rings. The van der Waals surface area contributed by atoms with Gasteiger partial charge in [0.25, 0.3) is 11.8 Å². The number of ether oxygens (including phenoxy) is 2. The van der Waals surface area contributed by atoms with E-state index >= 15 is 0 Å². The summed E-state index contributed by atoms with van der Waals surface area (Å²) in [6.07, 6.45) is 1.54. The van der Waals surface area contributed by atoms with Gasteiger partial charge in [-0.3, -0.25) is 15.0 Å². The molecule has 156 valence electrons. The van der Waals surface area contributed by atoms with E-state index in [4.69, 9.17) is 9.47 Å². The number of hydrazine groups is 1. The first-order valence-electron chi connectivity index (χ1n) is 9.53. The van der Waals surface area contributed by atoms with Crippen LogP contribution in [0.1, 0.15) is 11.1 Å². The van der Waals surface area contributed by atoms with Crippen molar-refractivity contribution in [3.05, 3.63) is 94.0 Å². The molecule has 3 aromatic carbocycles. The van der Waals surface area contributed by atoms with Crippen LogP contribution in [0.15, 0.2) is 82.8 Å². The number of rotatable bonds is 6. The van der Waals surface area contributed by atoms with Crippen molar-refractivity contribution in [1.82, 2.24) is 5.43 Å². The first kappa shape index (κ1) is 20.7. The summed E-state index contributed by atoms with van der Waals surface area (Å²) in [4.78, 5) is 25.3. The summed E-state index contributed by atoms with van der Waals surface area (Å²) in [7, 11) is 1.54. The number of halogens is 1. The quantitative estimate of drug-likeness (QED) is 0.418. The number of hydrogen-bond donors (Lipinski definition) is 1. The Morgan fingerprint density at radius 3 is 2.32 bits per heavy atom. The van der Waals surface area contributed by atoms with Crippen molar-refractivity contribution in [1.29, 1.82) is 0 Å². The van der Waals surface area contributed by atoms with Gasteiger partial charge in [-0.15, -0.1) is 0 Å². The summed E-state index contributed by atoms with van der Waals surface area (Å²) >= 11 is 3.51. The van der Waals surface area contributed by atoms with E-state index in [-0.39, 0.29) is 5.57 Å². The van der Waals surface area contributed by atoms with Crippen molar-refractivity contribution in [3.63, 3.8) is 0 Å². The van der Waals surface area contributed by atoms with E-state index in [1.807, 2.05) is 36.4 Å². The first-order chi connectivity index (χ1) is 15.1. The Kier molecular flexibility index (Phi) is 6.04. The Bertz CT molecular complexity index is 1150. The molecule has 0 unspecified atom stereocenters. The Hall–Kier alpha value is -3.58. The normalized spacial score (nSPS) is 14.6. The average Bonchev–Trinajstić information content (AvgIpc) is 3.08. The van der Waals surface area contributed by atoms with Crippen molar-refractivity contribution in [2.75, 3.05) is 12.1 Å². The van der Waals surface area contributed by atoms with Gasteiger partial charge in [-0.1, -0.05) is 64.5 Å². The van der Waals surface area contributed by atoms with Crippen LogP contribution in [-0.2, 0) is 16.2 Å². The van der Waals surface area contributed by atoms with E-state index in [2.05, 4.69) is 21.4 Å². The number of carbonyl (C=O) groups excluding carboxylic acids is 2. The molecule has 1 N–H and O–H groups in total. The van der Waals surface area contributed by atoms with Gasteiger partial charge in [0.2, 0.25) is 0 Å².